The number of benzene rings is 2. The Balaban J connectivity index is 1.76. The summed E-state index contributed by atoms with van der Waals surface area (Å²) in [4.78, 5) is 24.3. The molecule has 9 heteroatoms. The van der Waals surface area contributed by atoms with Gasteiger partial charge in [-0.2, -0.15) is 0 Å². The van der Waals surface area contributed by atoms with Crippen LogP contribution in [0, 0.1) is 6.92 Å². The van der Waals surface area contributed by atoms with Crippen molar-refractivity contribution in [3.63, 3.8) is 0 Å². The van der Waals surface area contributed by atoms with Crippen molar-refractivity contribution in [1.82, 2.24) is 20.3 Å². The average molecular weight is 399 g/mol. The van der Waals surface area contributed by atoms with Crippen molar-refractivity contribution >= 4 is 34.9 Å². The Morgan fingerprint density at radius 1 is 1.07 bits per heavy atom. The predicted molar refractivity (Wildman–Crippen MR) is 108 cm³/mol. The monoisotopic (exact) mass is 398 g/mol. The summed E-state index contributed by atoms with van der Waals surface area (Å²) in [6.45, 7) is 4.10. The van der Waals surface area contributed by atoms with E-state index in [0.717, 1.165) is 0 Å². The zero-order valence-corrected chi connectivity index (χ0v) is 16.1. The first kappa shape index (κ1) is 19.4. The van der Waals surface area contributed by atoms with Gasteiger partial charge in [0, 0.05) is 22.9 Å². The summed E-state index contributed by atoms with van der Waals surface area (Å²) >= 11 is 6.02. The van der Waals surface area contributed by atoms with Crippen molar-refractivity contribution in [1.29, 1.82) is 0 Å². The van der Waals surface area contributed by atoms with Gasteiger partial charge < -0.3 is 16.0 Å². The van der Waals surface area contributed by atoms with E-state index in [-0.39, 0.29) is 11.7 Å². The van der Waals surface area contributed by atoms with Gasteiger partial charge in [0.2, 0.25) is 0 Å². The highest BCUT2D eigenvalue weighted by Gasteiger charge is 2.18. The van der Waals surface area contributed by atoms with Crippen molar-refractivity contribution in [3.05, 3.63) is 64.9 Å². The second-order valence-corrected chi connectivity index (χ2v) is 6.37. The predicted octanol–water partition coefficient (Wildman–Crippen LogP) is 3.62. The summed E-state index contributed by atoms with van der Waals surface area (Å²) in [5.41, 5.74) is 2.57. The number of carbonyl (C=O) groups is 2. The molecule has 0 saturated heterocycles. The van der Waals surface area contributed by atoms with Crippen LogP contribution in [0.25, 0.3) is 5.69 Å². The van der Waals surface area contributed by atoms with Gasteiger partial charge in [-0.15, -0.1) is 5.10 Å². The highest BCUT2D eigenvalue weighted by atomic mass is 35.5. The zero-order chi connectivity index (χ0) is 20.1. The number of aromatic nitrogens is 3. The molecule has 0 saturated carbocycles. The summed E-state index contributed by atoms with van der Waals surface area (Å²) in [5.74, 6) is -0.402. The number of urea groups is 1. The lowest BCUT2D eigenvalue weighted by Crippen LogP contribution is -2.28. The highest BCUT2D eigenvalue weighted by molar-refractivity contribution is 6.30. The van der Waals surface area contributed by atoms with E-state index in [1.165, 1.54) is 0 Å². The van der Waals surface area contributed by atoms with Crippen molar-refractivity contribution in [2.45, 2.75) is 13.8 Å². The van der Waals surface area contributed by atoms with Crippen LogP contribution in [0.4, 0.5) is 16.2 Å². The summed E-state index contributed by atoms with van der Waals surface area (Å²) in [5, 5.41) is 16.7. The van der Waals surface area contributed by atoms with Crippen LogP contribution in [0.2, 0.25) is 5.02 Å². The molecule has 3 N–H and O–H groups in total. The van der Waals surface area contributed by atoms with Gasteiger partial charge in [0.1, 0.15) is 0 Å². The fourth-order valence-corrected chi connectivity index (χ4v) is 2.78. The Morgan fingerprint density at radius 3 is 2.50 bits per heavy atom. The third-order valence-corrected chi connectivity index (χ3v) is 4.11. The maximum atomic E-state index is 12.6. The van der Waals surface area contributed by atoms with Crippen LogP contribution in [-0.2, 0) is 0 Å². The molecular weight excluding hydrogens is 380 g/mol. The Morgan fingerprint density at radius 2 is 1.79 bits per heavy atom. The molecule has 3 rings (SSSR count). The number of nitrogens with zero attached hydrogens (tertiary/aromatic N) is 3. The van der Waals surface area contributed by atoms with E-state index in [1.807, 2.05) is 13.0 Å². The number of carbonyl (C=O) groups excluding carboxylic acids is 2. The normalized spacial score (nSPS) is 10.4. The summed E-state index contributed by atoms with van der Waals surface area (Å²) in [6.07, 6.45) is 0. The van der Waals surface area contributed by atoms with Gasteiger partial charge in [0.25, 0.3) is 5.91 Å². The van der Waals surface area contributed by atoms with E-state index in [9.17, 15) is 9.59 Å². The van der Waals surface area contributed by atoms with E-state index < -0.39 is 5.91 Å². The molecule has 0 spiro atoms. The van der Waals surface area contributed by atoms with Crippen LogP contribution in [0.5, 0.6) is 0 Å². The number of hydrogen-bond acceptors (Lipinski definition) is 4. The van der Waals surface area contributed by atoms with Crippen LogP contribution in [0.1, 0.15) is 23.1 Å². The quantitative estimate of drug-likeness (QED) is 0.610. The lowest BCUT2D eigenvalue weighted by atomic mass is 10.2. The van der Waals surface area contributed by atoms with Gasteiger partial charge in [-0.25, -0.2) is 9.48 Å². The number of hydrogen-bond donors (Lipinski definition) is 3. The first-order valence-electron chi connectivity index (χ1n) is 8.62. The minimum atomic E-state index is -0.402. The van der Waals surface area contributed by atoms with E-state index in [1.54, 1.807) is 54.1 Å². The lowest BCUT2D eigenvalue weighted by Gasteiger charge is -2.09. The molecule has 0 radical (unpaired) electrons. The van der Waals surface area contributed by atoms with Crippen LogP contribution in [0.3, 0.4) is 0 Å². The molecule has 144 valence electrons. The Bertz CT molecular complexity index is 1020. The maximum Gasteiger partial charge on any atom is 0.319 e. The van der Waals surface area contributed by atoms with Gasteiger partial charge in [-0.05, 0) is 50.2 Å². The minimum Gasteiger partial charge on any atom is -0.338 e. The molecule has 0 unspecified atom stereocenters. The molecule has 0 fully saturated rings. The molecular formula is C19H19ClN6O2. The summed E-state index contributed by atoms with van der Waals surface area (Å²) in [6, 6.07) is 13.6. The zero-order valence-electron chi connectivity index (χ0n) is 15.4. The van der Waals surface area contributed by atoms with Crippen molar-refractivity contribution in [2.24, 2.45) is 0 Å². The fourth-order valence-electron chi connectivity index (χ4n) is 2.59. The molecule has 2 aromatic carbocycles. The van der Waals surface area contributed by atoms with Gasteiger partial charge in [0.05, 0.1) is 11.4 Å². The summed E-state index contributed by atoms with van der Waals surface area (Å²) in [7, 11) is 0. The van der Waals surface area contributed by atoms with Crippen molar-refractivity contribution in [3.8, 4) is 5.69 Å². The minimum absolute atomic E-state index is 0.196. The third-order valence-electron chi connectivity index (χ3n) is 3.88. The Labute approximate surface area is 166 Å². The van der Waals surface area contributed by atoms with Crippen molar-refractivity contribution in [2.75, 3.05) is 17.2 Å². The standard InChI is InChI=1S/C19H19ClN6O2/c1-3-21-19(28)23-15-8-5-7-14(11-15)22-18(27)17-12(2)26(25-24-17)16-9-4-6-13(20)10-16/h4-11H,3H2,1-2H3,(H,22,27)(H2,21,23,28). The van der Waals surface area contributed by atoms with E-state index in [4.69, 9.17) is 11.6 Å². The number of anilines is 2. The van der Waals surface area contributed by atoms with Crippen molar-refractivity contribution < 1.29 is 9.59 Å². The number of nitrogens with one attached hydrogen (secondary N) is 3. The Kier molecular flexibility index (Phi) is 5.90. The van der Waals surface area contributed by atoms with Crippen LogP contribution < -0.4 is 16.0 Å². The van der Waals surface area contributed by atoms with Gasteiger partial charge in [0.15, 0.2) is 5.69 Å². The first-order valence-corrected chi connectivity index (χ1v) is 9.00. The smallest absolute Gasteiger partial charge is 0.319 e. The van der Waals surface area contributed by atoms with Gasteiger partial charge >= 0.3 is 6.03 Å². The molecule has 0 atom stereocenters. The molecule has 3 aromatic rings. The fraction of sp³-hybridized carbons (Fsp3) is 0.158. The number of halogens is 1. The number of amides is 3. The third kappa shape index (κ3) is 4.47. The summed E-state index contributed by atoms with van der Waals surface area (Å²) < 4.78 is 1.55. The Hall–Kier alpha value is -3.39. The molecule has 0 aliphatic heterocycles. The molecule has 0 aliphatic carbocycles. The first-order chi connectivity index (χ1) is 13.5. The SMILES string of the molecule is CCNC(=O)Nc1cccc(NC(=O)c2nnn(-c3cccc(Cl)c3)c2C)c1. The second kappa shape index (κ2) is 8.53. The van der Waals surface area contributed by atoms with Crippen LogP contribution in [-0.4, -0.2) is 33.5 Å². The molecule has 0 bridgehead atoms. The van der Waals surface area contributed by atoms with Crippen LogP contribution in [0.15, 0.2) is 48.5 Å². The molecule has 1 heterocycles. The average Bonchev–Trinajstić information content (AvgIpc) is 3.04. The molecule has 0 aliphatic rings. The van der Waals surface area contributed by atoms with E-state index in [2.05, 4.69) is 26.3 Å². The second-order valence-electron chi connectivity index (χ2n) is 5.93. The molecule has 1 aromatic heterocycles. The molecule has 28 heavy (non-hydrogen) atoms. The molecule has 8 nitrogen and oxygen atoms in total. The lowest BCUT2D eigenvalue weighted by molar-refractivity contribution is 0.102. The van der Waals surface area contributed by atoms with Crippen LogP contribution >= 0.6 is 11.6 Å². The number of rotatable bonds is 5. The van der Waals surface area contributed by atoms with Gasteiger partial charge in [-0.1, -0.05) is 28.9 Å². The largest absolute Gasteiger partial charge is 0.338 e. The topological polar surface area (TPSA) is 101 Å². The van der Waals surface area contributed by atoms with E-state index in [0.29, 0.717) is 34.3 Å². The van der Waals surface area contributed by atoms with Gasteiger partial charge in [-0.3, -0.25) is 4.79 Å². The van der Waals surface area contributed by atoms with E-state index >= 15 is 0 Å². The molecule has 3 amide bonds. The highest BCUT2D eigenvalue weighted by Crippen LogP contribution is 2.19. The maximum absolute atomic E-state index is 12.6.